The summed E-state index contributed by atoms with van der Waals surface area (Å²) in [5.41, 5.74) is 3.29. The van der Waals surface area contributed by atoms with Gasteiger partial charge in [-0.25, -0.2) is 9.67 Å². The van der Waals surface area contributed by atoms with Crippen molar-refractivity contribution < 1.29 is 9.53 Å². The quantitative estimate of drug-likeness (QED) is 0.643. The first kappa shape index (κ1) is 14.9. The van der Waals surface area contributed by atoms with Crippen molar-refractivity contribution >= 4 is 17.0 Å². The van der Waals surface area contributed by atoms with Crippen LogP contribution in [0.15, 0.2) is 36.5 Å². The first-order valence-corrected chi connectivity index (χ1v) is 8.08. The number of para-hydroxylation sites is 1. The largest absolute Gasteiger partial charge is 0.425 e. The Bertz CT molecular complexity index is 942. The summed E-state index contributed by atoms with van der Waals surface area (Å²) in [6.07, 6.45) is 2.97. The molecular formula is C19H19N3O2. The molecule has 122 valence electrons. The number of ether oxygens (including phenoxy) is 1. The van der Waals surface area contributed by atoms with Crippen LogP contribution in [0.4, 0.5) is 0 Å². The fourth-order valence-corrected chi connectivity index (χ4v) is 3.37. The number of carbonyl (C=O) groups excluding carboxylic acids is 1. The van der Waals surface area contributed by atoms with E-state index in [-0.39, 0.29) is 11.4 Å². The second-order valence-corrected chi connectivity index (χ2v) is 7.14. The Balaban J connectivity index is 1.97. The molecule has 0 N–H and O–H groups in total. The lowest BCUT2D eigenvalue weighted by Crippen LogP contribution is -2.19. The summed E-state index contributed by atoms with van der Waals surface area (Å²) in [6, 6.07) is 9.85. The molecule has 0 saturated heterocycles. The highest BCUT2D eigenvalue weighted by Crippen LogP contribution is 2.39. The predicted molar refractivity (Wildman–Crippen MR) is 91.3 cm³/mol. The van der Waals surface area contributed by atoms with Crippen molar-refractivity contribution in [3.8, 4) is 11.4 Å². The number of esters is 1. The van der Waals surface area contributed by atoms with Gasteiger partial charge in [-0.3, -0.25) is 4.79 Å². The summed E-state index contributed by atoms with van der Waals surface area (Å²) in [4.78, 5) is 16.9. The summed E-state index contributed by atoms with van der Waals surface area (Å²) in [5.74, 6) is 0.424. The van der Waals surface area contributed by atoms with Gasteiger partial charge in [-0.1, -0.05) is 32.0 Å². The molecule has 0 amide bonds. The summed E-state index contributed by atoms with van der Waals surface area (Å²) in [6.45, 7) is 6.08. The van der Waals surface area contributed by atoms with Crippen molar-refractivity contribution in [2.24, 2.45) is 5.41 Å². The van der Waals surface area contributed by atoms with Crippen LogP contribution in [0.3, 0.4) is 0 Å². The van der Waals surface area contributed by atoms with Crippen LogP contribution in [-0.4, -0.2) is 20.7 Å². The van der Waals surface area contributed by atoms with Crippen molar-refractivity contribution in [3.63, 3.8) is 0 Å². The predicted octanol–water partition coefficient (Wildman–Crippen LogP) is 3.61. The lowest BCUT2D eigenvalue weighted by Gasteiger charge is -2.19. The summed E-state index contributed by atoms with van der Waals surface area (Å²) < 4.78 is 7.50. The fraction of sp³-hybridized carbons (Fsp3) is 0.316. The highest BCUT2D eigenvalue weighted by atomic mass is 16.5. The standard InChI is InChI=1S/C19H19N3O2/c1-12-16-17-13(9-19(2,3)10-15(23)24-17)11-20-18(16)22(21-12)14-7-5-4-6-8-14/h4-8,11H,9-10H2,1-3H3. The monoisotopic (exact) mass is 321 g/mol. The van der Waals surface area contributed by atoms with Crippen molar-refractivity contribution in [2.45, 2.75) is 33.6 Å². The summed E-state index contributed by atoms with van der Waals surface area (Å²) in [7, 11) is 0. The van der Waals surface area contributed by atoms with Gasteiger partial charge in [0.1, 0.15) is 5.75 Å². The van der Waals surface area contributed by atoms with Crippen molar-refractivity contribution in [1.82, 2.24) is 14.8 Å². The lowest BCUT2D eigenvalue weighted by molar-refractivity contribution is -0.135. The third-order valence-corrected chi connectivity index (χ3v) is 4.41. The number of aromatic nitrogens is 3. The first-order chi connectivity index (χ1) is 11.4. The molecule has 2 aromatic heterocycles. The van der Waals surface area contributed by atoms with E-state index < -0.39 is 0 Å². The molecule has 0 saturated carbocycles. The Morgan fingerprint density at radius 3 is 2.67 bits per heavy atom. The molecule has 3 heterocycles. The molecular weight excluding hydrogens is 302 g/mol. The molecule has 3 aromatic rings. The molecule has 0 unspecified atom stereocenters. The van der Waals surface area contributed by atoms with E-state index in [2.05, 4.69) is 23.9 Å². The van der Waals surface area contributed by atoms with E-state index in [0.717, 1.165) is 28.8 Å². The number of hydrogen-bond donors (Lipinski definition) is 0. The minimum atomic E-state index is -0.196. The topological polar surface area (TPSA) is 57.0 Å². The zero-order valence-electron chi connectivity index (χ0n) is 14.0. The molecule has 1 aliphatic rings. The van der Waals surface area contributed by atoms with Gasteiger partial charge >= 0.3 is 5.97 Å². The van der Waals surface area contributed by atoms with Gasteiger partial charge in [0.15, 0.2) is 5.65 Å². The molecule has 0 radical (unpaired) electrons. The molecule has 24 heavy (non-hydrogen) atoms. The molecule has 0 fully saturated rings. The number of carbonyl (C=O) groups is 1. The third-order valence-electron chi connectivity index (χ3n) is 4.41. The number of benzene rings is 1. The molecule has 5 nitrogen and oxygen atoms in total. The number of fused-ring (bicyclic) bond motifs is 3. The van der Waals surface area contributed by atoms with E-state index in [9.17, 15) is 4.79 Å². The maximum absolute atomic E-state index is 12.2. The van der Waals surface area contributed by atoms with Crippen LogP contribution in [0.5, 0.6) is 5.75 Å². The molecule has 5 heteroatoms. The first-order valence-electron chi connectivity index (χ1n) is 8.08. The van der Waals surface area contributed by atoms with Crippen molar-refractivity contribution in [1.29, 1.82) is 0 Å². The van der Waals surface area contributed by atoms with Crippen LogP contribution in [0.1, 0.15) is 31.5 Å². The lowest BCUT2D eigenvalue weighted by atomic mass is 9.83. The number of nitrogens with zero attached hydrogens (tertiary/aromatic N) is 3. The van der Waals surface area contributed by atoms with Crippen LogP contribution in [0.25, 0.3) is 16.7 Å². The van der Waals surface area contributed by atoms with E-state index in [1.165, 1.54) is 0 Å². The Morgan fingerprint density at radius 2 is 1.92 bits per heavy atom. The van der Waals surface area contributed by atoms with Gasteiger partial charge in [-0.15, -0.1) is 0 Å². The maximum atomic E-state index is 12.2. The molecule has 0 atom stereocenters. The van der Waals surface area contributed by atoms with Gasteiger partial charge in [-0.05, 0) is 30.9 Å². The van der Waals surface area contributed by atoms with Crippen LogP contribution in [0.2, 0.25) is 0 Å². The summed E-state index contributed by atoms with van der Waals surface area (Å²) in [5, 5.41) is 5.44. The van der Waals surface area contributed by atoms with Gasteiger partial charge in [0, 0.05) is 11.8 Å². The molecule has 1 aromatic carbocycles. The second-order valence-electron chi connectivity index (χ2n) is 7.14. The molecule has 0 aliphatic carbocycles. The number of rotatable bonds is 1. The smallest absolute Gasteiger partial charge is 0.311 e. The minimum absolute atomic E-state index is 0.138. The van der Waals surface area contributed by atoms with Crippen LogP contribution in [0, 0.1) is 12.3 Å². The van der Waals surface area contributed by atoms with Crippen LogP contribution >= 0.6 is 0 Å². The Kier molecular flexibility index (Phi) is 3.20. The van der Waals surface area contributed by atoms with Crippen LogP contribution in [-0.2, 0) is 11.2 Å². The van der Waals surface area contributed by atoms with E-state index in [4.69, 9.17) is 4.74 Å². The van der Waals surface area contributed by atoms with E-state index in [1.54, 1.807) is 4.68 Å². The average Bonchev–Trinajstić information content (AvgIpc) is 2.80. The highest BCUT2D eigenvalue weighted by Gasteiger charge is 2.32. The highest BCUT2D eigenvalue weighted by molar-refractivity contribution is 5.90. The maximum Gasteiger partial charge on any atom is 0.311 e. The van der Waals surface area contributed by atoms with Gasteiger partial charge in [0.2, 0.25) is 0 Å². The SMILES string of the molecule is Cc1nn(-c2ccccc2)c2ncc3c(c12)OC(=O)CC(C)(C)C3. The summed E-state index contributed by atoms with van der Waals surface area (Å²) >= 11 is 0. The van der Waals surface area contributed by atoms with Gasteiger partial charge in [0.25, 0.3) is 0 Å². The van der Waals surface area contributed by atoms with Crippen LogP contribution < -0.4 is 4.74 Å². The average molecular weight is 321 g/mol. The van der Waals surface area contributed by atoms with Gasteiger partial charge in [0.05, 0.1) is 23.2 Å². The number of pyridine rings is 1. The Labute approximate surface area is 140 Å². The van der Waals surface area contributed by atoms with Gasteiger partial charge in [-0.2, -0.15) is 5.10 Å². The molecule has 1 aliphatic heterocycles. The van der Waals surface area contributed by atoms with E-state index in [1.807, 2.05) is 43.5 Å². The Morgan fingerprint density at radius 1 is 1.17 bits per heavy atom. The normalized spacial score (nSPS) is 16.5. The molecule has 0 spiro atoms. The van der Waals surface area contributed by atoms with Crippen molar-refractivity contribution in [2.75, 3.05) is 0 Å². The molecule has 4 rings (SSSR count). The van der Waals surface area contributed by atoms with E-state index in [0.29, 0.717) is 17.8 Å². The van der Waals surface area contributed by atoms with E-state index >= 15 is 0 Å². The zero-order chi connectivity index (χ0) is 16.9. The fourth-order valence-electron chi connectivity index (χ4n) is 3.37. The number of hydrogen-bond acceptors (Lipinski definition) is 4. The van der Waals surface area contributed by atoms with Crippen molar-refractivity contribution in [3.05, 3.63) is 47.8 Å². The Hall–Kier alpha value is -2.69. The minimum Gasteiger partial charge on any atom is -0.425 e. The third kappa shape index (κ3) is 2.37. The number of aryl methyl sites for hydroxylation is 1. The van der Waals surface area contributed by atoms with Gasteiger partial charge < -0.3 is 4.74 Å². The zero-order valence-corrected chi connectivity index (χ0v) is 14.0. The molecule has 0 bridgehead atoms. The second kappa shape index (κ2) is 5.16.